The second-order valence-corrected chi connectivity index (χ2v) is 5.46. The number of benzene rings is 2. The van der Waals surface area contributed by atoms with Gasteiger partial charge in [0, 0.05) is 5.56 Å². The lowest BCUT2D eigenvalue weighted by Crippen LogP contribution is -2.43. The Balaban J connectivity index is 1.36. The number of para-hydroxylation sites is 2. The van der Waals surface area contributed by atoms with Gasteiger partial charge in [-0.05, 0) is 12.1 Å². The third kappa shape index (κ3) is 3.30. The topological polar surface area (TPSA) is 86.5 Å². The highest BCUT2D eigenvalue weighted by Gasteiger charge is 2.27. The Labute approximate surface area is 143 Å². The highest BCUT2D eigenvalue weighted by molar-refractivity contribution is 5.81. The summed E-state index contributed by atoms with van der Waals surface area (Å²) in [5, 5.41) is 6.64. The van der Waals surface area contributed by atoms with Crippen LogP contribution in [0.1, 0.15) is 5.89 Å². The van der Waals surface area contributed by atoms with E-state index in [-0.39, 0.29) is 19.1 Å². The van der Waals surface area contributed by atoms with Crippen LogP contribution in [0, 0.1) is 0 Å². The fourth-order valence-corrected chi connectivity index (χ4v) is 2.46. The predicted molar refractivity (Wildman–Crippen MR) is 87.9 cm³/mol. The largest absolute Gasteiger partial charge is 0.485 e. The van der Waals surface area contributed by atoms with Crippen LogP contribution in [0.4, 0.5) is 0 Å². The molecule has 0 fully saturated rings. The minimum Gasteiger partial charge on any atom is -0.485 e. The average molecular weight is 337 g/mol. The molecule has 0 saturated heterocycles. The molecule has 2 heterocycles. The van der Waals surface area contributed by atoms with Crippen molar-refractivity contribution in [3.63, 3.8) is 0 Å². The number of hydrogen-bond acceptors (Lipinski definition) is 6. The molecule has 0 saturated carbocycles. The van der Waals surface area contributed by atoms with Gasteiger partial charge < -0.3 is 19.3 Å². The number of carbonyl (C=O) groups excluding carboxylic acids is 1. The van der Waals surface area contributed by atoms with Crippen LogP contribution < -0.4 is 14.8 Å². The van der Waals surface area contributed by atoms with Crippen LogP contribution in [0.25, 0.3) is 11.4 Å². The molecule has 7 nitrogen and oxygen atoms in total. The van der Waals surface area contributed by atoms with E-state index in [9.17, 15) is 4.79 Å². The summed E-state index contributed by atoms with van der Waals surface area (Å²) < 4.78 is 16.4. The van der Waals surface area contributed by atoms with Gasteiger partial charge in [-0.25, -0.2) is 0 Å². The summed E-state index contributed by atoms with van der Waals surface area (Å²) in [5.74, 6) is 1.70. The number of nitrogens with zero attached hydrogens (tertiary/aromatic N) is 2. The molecule has 7 heteroatoms. The number of rotatable bonds is 4. The molecule has 0 bridgehead atoms. The third-order valence-electron chi connectivity index (χ3n) is 3.71. The minimum absolute atomic E-state index is 0.125. The summed E-state index contributed by atoms with van der Waals surface area (Å²) in [7, 11) is 0. The quantitative estimate of drug-likeness (QED) is 0.785. The summed E-state index contributed by atoms with van der Waals surface area (Å²) in [6, 6.07) is 16.7. The Morgan fingerprint density at radius 2 is 1.84 bits per heavy atom. The highest BCUT2D eigenvalue weighted by Crippen LogP contribution is 2.30. The summed E-state index contributed by atoms with van der Waals surface area (Å²) in [4.78, 5) is 16.5. The lowest BCUT2D eigenvalue weighted by molar-refractivity contribution is -0.130. The number of hydrogen-bond donors (Lipinski definition) is 1. The lowest BCUT2D eigenvalue weighted by atomic mass is 10.2. The van der Waals surface area contributed by atoms with Crippen molar-refractivity contribution in [3.8, 4) is 22.9 Å². The van der Waals surface area contributed by atoms with Crippen molar-refractivity contribution >= 4 is 5.91 Å². The number of carbonyl (C=O) groups is 1. The monoisotopic (exact) mass is 337 g/mol. The molecule has 0 aliphatic carbocycles. The van der Waals surface area contributed by atoms with Gasteiger partial charge in [-0.1, -0.05) is 47.6 Å². The summed E-state index contributed by atoms with van der Waals surface area (Å²) in [5.41, 5.74) is 0.851. The smallest absolute Gasteiger partial charge is 0.265 e. The normalized spacial score (nSPS) is 15.6. The second kappa shape index (κ2) is 6.64. The molecule has 25 heavy (non-hydrogen) atoms. The van der Waals surface area contributed by atoms with Crippen LogP contribution in [0.2, 0.25) is 0 Å². The maximum atomic E-state index is 12.3. The van der Waals surface area contributed by atoms with Crippen molar-refractivity contribution in [3.05, 3.63) is 60.5 Å². The van der Waals surface area contributed by atoms with Gasteiger partial charge in [0.25, 0.3) is 5.91 Å². The van der Waals surface area contributed by atoms with E-state index in [1.54, 1.807) is 12.1 Å². The van der Waals surface area contributed by atoms with Crippen LogP contribution in [0.15, 0.2) is 59.1 Å². The van der Waals surface area contributed by atoms with Crippen molar-refractivity contribution in [2.75, 3.05) is 6.61 Å². The fraction of sp³-hybridized carbons (Fsp3) is 0.167. The molecular weight excluding hydrogens is 322 g/mol. The predicted octanol–water partition coefficient (Wildman–Crippen LogP) is 2.19. The van der Waals surface area contributed by atoms with Gasteiger partial charge in [0.1, 0.15) is 6.61 Å². The van der Waals surface area contributed by atoms with Gasteiger partial charge in [0.2, 0.25) is 17.8 Å². The van der Waals surface area contributed by atoms with E-state index in [1.807, 2.05) is 42.5 Å². The minimum atomic E-state index is -0.716. The number of ether oxygens (including phenoxy) is 2. The van der Waals surface area contributed by atoms with Crippen LogP contribution in [0.5, 0.6) is 11.5 Å². The van der Waals surface area contributed by atoms with Gasteiger partial charge in [-0.2, -0.15) is 4.98 Å². The Morgan fingerprint density at radius 3 is 2.68 bits per heavy atom. The number of nitrogens with one attached hydrogen (secondary N) is 1. The van der Waals surface area contributed by atoms with E-state index >= 15 is 0 Å². The van der Waals surface area contributed by atoms with Crippen molar-refractivity contribution in [2.45, 2.75) is 12.6 Å². The lowest BCUT2D eigenvalue weighted by Gasteiger charge is -2.25. The second-order valence-electron chi connectivity index (χ2n) is 5.46. The molecule has 1 N–H and O–H groups in total. The Morgan fingerprint density at radius 1 is 1.08 bits per heavy atom. The molecule has 2 aromatic carbocycles. The fourth-order valence-electron chi connectivity index (χ4n) is 2.46. The summed E-state index contributed by atoms with van der Waals surface area (Å²) in [6.07, 6.45) is -0.716. The van der Waals surface area contributed by atoms with E-state index in [4.69, 9.17) is 14.0 Å². The zero-order chi connectivity index (χ0) is 17.1. The molecule has 1 atom stereocenters. The summed E-state index contributed by atoms with van der Waals surface area (Å²) >= 11 is 0. The molecule has 0 spiro atoms. The van der Waals surface area contributed by atoms with Crippen LogP contribution in [0.3, 0.4) is 0 Å². The molecule has 1 aliphatic heterocycles. The van der Waals surface area contributed by atoms with E-state index in [2.05, 4.69) is 15.5 Å². The standard InChI is InChI=1S/C18H15N3O4/c22-18(15-11-23-13-8-4-5-9-14(13)24-15)19-10-16-20-17(21-25-16)12-6-2-1-3-7-12/h1-9,15H,10-11H2,(H,19,22). The van der Waals surface area contributed by atoms with Gasteiger partial charge in [0.15, 0.2) is 11.5 Å². The number of aromatic nitrogens is 2. The van der Waals surface area contributed by atoms with Crippen molar-refractivity contribution in [2.24, 2.45) is 0 Å². The first-order valence-electron chi connectivity index (χ1n) is 7.84. The Kier molecular flexibility index (Phi) is 4.04. The van der Waals surface area contributed by atoms with Crippen molar-refractivity contribution in [1.82, 2.24) is 15.5 Å². The van der Waals surface area contributed by atoms with Crippen LogP contribution >= 0.6 is 0 Å². The molecule has 0 radical (unpaired) electrons. The number of amides is 1. The number of fused-ring (bicyclic) bond motifs is 1. The molecule has 1 aromatic heterocycles. The van der Waals surface area contributed by atoms with Crippen LogP contribution in [-0.2, 0) is 11.3 Å². The van der Waals surface area contributed by atoms with E-state index in [1.165, 1.54) is 0 Å². The Bertz CT molecular complexity index is 879. The van der Waals surface area contributed by atoms with Gasteiger partial charge >= 0.3 is 0 Å². The first kappa shape index (κ1) is 15.2. The van der Waals surface area contributed by atoms with Crippen LogP contribution in [-0.4, -0.2) is 28.8 Å². The molecule has 3 aromatic rings. The van der Waals surface area contributed by atoms with Gasteiger partial charge in [-0.15, -0.1) is 0 Å². The zero-order valence-electron chi connectivity index (χ0n) is 13.2. The highest BCUT2D eigenvalue weighted by atomic mass is 16.6. The maximum Gasteiger partial charge on any atom is 0.265 e. The molecule has 126 valence electrons. The van der Waals surface area contributed by atoms with Crippen molar-refractivity contribution < 1.29 is 18.8 Å². The molecule has 1 unspecified atom stereocenters. The first-order chi connectivity index (χ1) is 12.3. The maximum absolute atomic E-state index is 12.3. The van der Waals surface area contributed by atoms with Crippen molar-refractivity contribution in [1.29, 1.82) is 0 Å². The zero-order valence-corrected chi connectivity index (χ0v) is 13.2. The first-order valence-corrected chi connectivity index (χ1v) is 7.84. The van der Waals surface area contributed by atoms with E-state index in [0.29, 0.717) is 23.2 Å². The summed E-state index contributed by atoms with van der Waals surface area (Å²) in [6.45, 7) is 0.280. The SMILES string of the molecule is O=C(NCc1nc(-c2ccccc2)no1)C1COc2ccccc2O1. The molecule has 4 rings (SSSR count). The Hall–Kier alpha value is -3.35. The molecule has 1 aliphatic rings. The average Bonchev–Trinajstić information content (AvgIpc) is 3.15. The molecular formula is C18H15N3O4. The third-order valence-corrected chi connectivity index (χ3v) is 3.71. The van der Waals surface area contributed by atoms with Gasteiger partial charge in [-0.3, -0.25) is 4.79 Å². The van der Waals surface area contributed by atoms with Gasteiger partial charge in [0.05, 0.1) is 6.54 Å². The molecule has 1 amide bonds. The van der Waals surface area contributed by atoms with E-state index in [0.717, 1.165) is 5.56 Å². The van der Waals surface area contributed by atoms with E-state index < -0.39 is 6.10 Å².